The number of nitriles is 1. The highest BCUT2D eigenvalue weighted by Gasteiger charge is 2.23. The zero-order valence-corrected chi connectivity index (χ0v) is 14.9. The van der Waals surface area contributed by atoms with Gasteiger partial charge in [-0.2, -0.15) is 5.26 Å². The van der Waals surface area contributed by atoms with Gasteiger partial charge >= 0.3 is 5.97 Å². The molecule has 2 aromatic carbocycles. The average Bonchev–Trinajstić information content (AvgIpc) is 3.26. The van der Waals surface area contributed by atoms with E-state index in [1.54, 1.807) is 18.2 Å². The van der Waals surface area contributed by atoms with Crippen LogP contribution in [-0.4, -0.2) is 24.0 Å². The van der Waals surface area contributed by atoms with Crippen molar-refractivity contribution >= 4 is 22.7 Å². The smallest absolute Gasteiger partial charge is 0.342 e. The number of carbonyl (C=O) groups is 1. The lowest BCUT2D eigenvalue weighted by Gasteiger charge is -2.20. The van der Waals surface area contributed by atoms with E-state index in [2.05, 4.69) is 11.0 Å². The number of fused-ring (bicyclic) bond motifs is 1. The molecule has 0 N–H and O–H groups in total. The number of ether oxygens (including phenoxy) is 1. The van der Waals surface area contributed by atoms with Gasteiger partial charge in [-0.25, -0.2) is 9.78 Å². The normalized spacial score (nSPS) is 13.5. The molecule has 0 aliphatic carbocycles. The fourth-order valence-corrected chi connectivity index (χ4v) is 3.40. The SMILES string of the molecule is N#Cc1ccccc1COC(=O)c1cc2ccccc2nc1N1CCCC1. The Labute approximate surface area is 157 Å². The van der Waals surface area contributed by atoms with Gasteiger partial charge < -0.3 is 9.64 Å². The second kappa shape index (κ2) is 7.46. The third-order valence-electron chi connectivity index (χ3n) is 4.83. The van der Waals surface area contributed by atoms with E-state index in [1.807, 2.05) is 36.4 Å². The maximum Gasteiger partial charge on any atom is 0.342 e. The minimum Gasteiger partial charge on any atom is -0.457 e. The van der Waals surface area contributed by atoms with Crippen molar-refractivity contribution in [2.75, 3.05) is 18.0 Å². The molecular weight excluding hydrogens is 338 g/mol. The number of rotatable bonds is 4. The van der Waals surface area contributed by atoms with Gasteiger partial charge in [0.05, 0.1) is 17.1 Å². The van der Waals surface area contributed by atoms with Crippen LogP contribution in [0.2, 0.25) is 0 Å². The molecule has 2 heterocycles. The maximum atomic E-state index is 12.9. The Morgan fingerprint density at radius 3 is 2.67 bits per heavy atom. The molecule has 5 heteroatoms. The van der Waals surface area contributed by atoms with Crippen molar-refractivity contribution in [1.82, 2.24) is 4.98 Å². The first kappa shape index (κ1) is 17.0. The first-order chi connectivity index (χ1) is 13.3. The first-order valence-corrected chi connectivity index (χ1v) is 9.06. The Morgan fingerprint density at radius 2 is 1.85 bits per heavy atom. The number of nitrogens with zero attached hydrogens (tertiary/aromatic N) is 3. The van der Waals surface area contributed by atoms with Crippen LogP contribution in [0.4, 0.5) is 5.82 Å². The molecule has 0 amide bonds. The van der Waals surface area contributed by atoms with Crippen LogP contribution in [0.25, 0.3) is 10.9 Å². The van der Waals surface area contributed by atoms with E-state index in [0.29, 0.717) is 22.5 Å². The highest BCUT2D eigenvalue weighted by Crippen LogP contribution is 2.27. The number of carbonyl (C=O) groups excluding carboxylic acids is 1. The number of hydrogen-bond donors (Lipinski definition) is 0. The average molecular weight is 357 g/mol. The molecule has 0 unspecified atom stereocenters. The first-order valence-electron chi connectivity index (χ1n) is 9.06. The van der Waals surface area contributed by atoms with Crippen molar-refractivity contribution in [3.05, 3.63) is 71.3 Å². The number of hydrogen-bond acceptors (Lipinski definition) is 5. The zero-order valence-electron chi connectivity index (χ0n) is 14.9. The molecule has 5 nitrogen and oxygen atoms in total. The van der Waals surface area contributed by atoms with E-state index in [0.717, 1.165) is 36.8 Å². The molecular formula is C22H19N3O2. The summed E-state index contributed by atoms with van der Waals surface area (Å²) in [5, 5.41) is 10.1. The summed E-state index contributed by atoms with van der Waals surface area (Å²) in [4.78, 5) is 19.8. The van der Waals surface area contributed by atoms with Gasteiger partial charge in [0.15, 0.2) is 0 Å². The van der Waals surface area contributed by atoms with Crippen LogP contribution < -0.4 is 4.90 Å². The molecule has 3 aromatic rings. The number of pyridine rings is 1. The number of aromatic nitrogens is 1. The fourth-order valence-electron chi connectivity index (χ4n) is 3.40. The second-order valence-electron chi connectivity index (χ2n) is 6.59. The van der Waals surface area contributed by atoms with Gasteiger partial charge in [0.1, 0.15) is 18.0 Å². The van der Waals surface area contributed by atoms with Crippen molar-refractivity contribution in [1.29, 1.82) is 5.26 Å². The van der Waals surface area contributed by atoms with Crippen molar-refractivity contribution < 1.29 is 9.53 Å². The quantitative estimate of drug-likeness (QED) is 0.659. The molecule has 0 atom stereocenters. The van der Waals surface area contributed by atoms with E-state index in [1.165, 1.54) is 0 Å². The second-order valence-corrected chi connectivity index (χ2v) is 6.59. The van der Waals surface area contributed by atoms with E-state index in [4.69, 9.17) is 9.72 Å². The molecule has 1 saturated heterocycles. The Hall–Kier alpha value is -3.39. The lowest BCUT2D eigenvalue weighted by atomic mass is 10.1. The van der Waals surface area contributed by atoms with Gasteiger partial charge in [-0.1, -0.05) is 36.4 Å². The van der Waals surface area contributed by atoms with E-state index < -0.39 is 5.97 Å². The van der Waals surface area contributed by atoms with Crippen molar-refractivity contribution in [3.8, 4) is 6.07 Å². The molecule has 1 aliphatic heterocycles. The summed E-state index contributed by atoms with van der Waals surface area (Å²) in [6, 6.07) is 18.9. The van der Waals surface area contributed by atoms with E-state index in [9.17, 15) is 10.1 Å². The third-order valence-corrected chi connectivity index (χ3v) is 4.83. The monoisotopic (exact) mass is 357 g/mol. The number of anilines is 1. The summed E-state index contributed by atoms with van der Waals surface area (Å²) < 4.78 is 5.55. The predicted octanol–water partition coefficient (Wildman–Crippen LogP) is 4.06. The summed E-state index contributed by atoms with van der Waals surface area (Å²) in [7, 11) is 0. The Balaban J connectivity index is 1.65. The molecule has 1 aliphatic rings. The molecule has 4 rings (SSSR count). The Morgan fingerprint density at radius 1 is 1.11 bits per heavy atom. The van der Waals surface area contributed by atoms with Gasteiger partial charge in [-0.05, 0) is 31.0 Å². The van der Waals surface area contributed by atoms with Gasteiger partial charge in [0.25, 0.3) is 0 Å². The summed E-state index contributed by atoms with van der Waals surface area (Å²) in [5.41, 5.74) is 2.56. The molecule has 0 bridgehead atoms. The standard InChI is InChI=1S/C22H19N3O2/c23-14-17-8-1-2-9-18(17)15-27-22(26)19-13-16-7-3-4-10-20(16)24-21(19)25-11-5-6-12-25/h1-4,7-10,13H,5-6,11-12,15H2. The summed E-state index contributed by atoms with van der Waals surface area (Å²) in [5.74, 6) is 0.271. The van der Waals surface area contributed by atoms with Gasteiger partial charge in [-0.3, -0.25) is 0 Å². The van der Waals surface area contributed by atoms with E-state index >= 15 is 0 Å². The molecule has 0 spiro atoms. The van der Waals surface area contributed by atoms with Crippen molar-refractivity contribution in [2.45, 2.75) is 19.4 Å². The zero-order chi connectivity index (χ0) is 18.6. The predicted molar refractivity (Wildman–Crippen MR) is 103 cm³/mol. The summed E-state index contributed by atoms with van der Waals surface area (Å²) in [6.45, 7) is 1.85. The van der Waals surface area contributed by atoms with Crippen LogP contribution in [0.15, 0.2) is 54.6 Å². The largest absolute Gasteiger partial charge is 0.457 e. The highest BCUT2D eigenvalue weighted by atomic mass is 16.5. The topological polar surface area (TPSA) is 66.2 Å². The number of benzene rings is 2. The van der Waals surface area contributed by atoms with Crippen LogP contribution in [0.1, 0.15) is 34.3 Å². The highest BCUT2D eigenvalue weighted by molar-refractivity contribution is 5.99. The minimum atomic E-state index is -0.414. The van der Waals surface area contributed by atoms with Crippen LogP contribution in [0, 0.1) is 11.3 Å². The van der Waals surface area contributed by atoms with Crippen LogP contribution in [0.5, 0.6) is 0 Å². The van der Waals surface area contributed by atoms with Gasteiger partial charge in [-0.15, -0.1) is 0 Å². The molecule has 0 saturated carbocycles. The molecule has 1 aromatic heterocycles. The van der Waals surface area contributed by atoms with Crippen molar-refractivity contribution in [2.24, 2.45) is 0 Å². The maximum absolute atomic E-state index is 12.9. The van der Waals surface area contributed by atoms with Gasteiger partial charge in [0, 0.05) is 24.0 Å². The third kappa shape index (κ3) is 3.47. The molecule has 0 radical (unpaired) electrons. The number of para-hydroxylation sites is 1. The van der Waals surface area contributed by atoms with Gasteiger partial charge in [0.2, 0.25) is 0 Å². The molecule has 134 valence electrons. The number of esters is 1. The Bertz CT molecular complexity index is 1030. The molecule has 1 fully saturated rings. The Kier molecular flexibility index (Phi) is 4.71. The van der Waals surface area contributed by atoms with E-state index in [-0.39, 0.29) is 6.61 Å². The summed E-state index contributed by atoms with van der Waals surface area (Å²) >= 11 is 0. The van der Waals surface area contributed by atoms with Crippen molar-refractivity contribution in [3.63, 3.8) is 0 Å². The van der Waals surface area contributed by atoms with Crippen LogP contribution in [-0.2, 0) is 11.3 Å². The van der Waals surface area contributed by atoms with Crippen LogP contribution >= 0.6 is 0 Å². The van der Waals surface area contributed by atoms with Crippen LogP contribution in [0.3, 0.4) is 0 Å². The fraction of sp³-hybridized carbons (Fsp3) is 0.227. The molecule has 27 heavy (non-hydrogen) atoms. The minimum absolute atomic E-state index is 0.0643. The summed E-state index contributed by atoms with van der Waals surface area (Å²) in [6.07, 6.45) is 2.19. The lowest BCUT2D eigenvalue weighted by molar-refractivity contribution is 0.0473. The lowest BCUT2D eigenvalue weighted by Crippen LogP contribution is -2.23.